The van der Waals surface area contributed by atoms with Crippen molar-refractivity contribution in [3.8, 4) is 0 Å². The number of carbonyl (C=O) groups excluding carboxylic acids is 1. The number of amides is 1. The third-order valence-electron chi connectivity index (χ3n) is 6.44. The lowest BCUT2D eigenvalue weighted by molar-refractivity contribution is -0.891. The monoisotopic (exact) mass is 356 g/mol. The van der Waals surface area contributed by atoms with E-state index in [1.165, 1.54) is 103 Å². The fourth-order valence-electron chi connectivity index (χ4n) is 5.13. The van der Waals surface area contributed by atoms with E-state index in [1.54, 1.807) is 4.90 Å². The molecule has 24 heavy (non-hydrogen) atoms. The number of quaternary nitrogens is 1. The van der Waals surface area contributed by atoms with Crippen LogP contribution in [0, 0.1) is 0 Å². The molecule has 1 amide bonds. The Morgan fingerprint density at radius 3 is 1.58 bits per heavy atom. The molecule has 3 fully saturated rings. The fourth-order valence-corrected chi connectivity index (χ4v) is 5.13. The minimum absolute atomic E-state index is 0. The lowest BCUT2D eigenvalue weighted by Crippen LogP contribution is -3.13. The molecule has 0 bridgehead atoms. The SMILES string of the molecule is O=C(C[NH+]1CCCCCC1)N(C1CCCCC1)C1CCCCC1.[Cl-]. The third-order valence-corrected chi connectivity index (χ3v) is 6.44. The summed E-state index contributed by atoms with van der Waals surface area (Å²) in [5, 5.41) is 0. The van der Waals surface area contributed by atoms with Gasteiger partial charge in [0.25, 0.3) is 5.91 Å². The van der Waals surface area contributed by atoms with Gasteiger partial charge in [-0.25, -0.2) is 0 Å². The first-order chi connectivity index (χ1) is 11.3. The Kier molecular flexibility index (Phi) is 8.89. The number of nitrogens with one attached hydrogen (secondary N) is 1. The van der Waals surface area contributed by atoms with Crippen LogP contribution in [0.5, 0.6) is 0 Å². The van der Waals surface area contributed by atoms with Gasteiger partial charge >= 0.3 is 0 Å². The van der Waals surface area contributed by atoms with Gasteiger partial charge in [0.15, 0.2) is 6.54 Å². The van der Waals surface area contributed by atoms with Crippen LogP contribution in [0.15, 0.2) is 0 Å². The first-order valence-corrected chi connectivity index (χ1v) is 10.5. The first-order valence-electron chi connectivity index (χ1n) is 10.5. The van der Waals surface area contributed by atoms with Crippen molar-refractivity contribution >= 4 is 5.91 Å². The predicted octanol–water partition coefficient (Wildman–Crippen LogP) is -0.0567. The van der Waals surface area contributed by atoms with E-state index in [0.29, 0.717) is 18.0 Å². The number of nitrogens with zero attached hydrogens (tertiary/aromatic N) is 1. The quantitative estimate of drug-likeness (QED) is 0.750. The first kappa shape index (κ1) is 20.0. The highest BCUT2D eigenvalue weighted by Crippen LogP contribution is 2.30. The molecule has 0 unspecified atom stereocenters. The van der Waals surface area contributed by atoms with Crippen LogP contribution in [0.1, 0.15) is 89.9 Å². The molecular formula is C20H37ClN2O. The zero-order chi connectivity index (χ0) is 15.9. The van der Waals surface area contributed by atoms with E-state index < -0.39 is 0 Å². The molecule has 0 aromatic carbocycles. The average Bonchev–Trinajstić information content (AvgIpc) is 2.86. The minimum atomic E-state index is 0. The van der Waals surface area contributed by atoms with Gasteiger partial charge in [-0.3, -0.25) is 4.79 Å². The lowest BCUT2D eigenvalue weighted by atomic mass is 9.88. The molecule has 1 N–H and O–H groups in total. The standard InChI is InChI=1S/C20H36N2O.ClH/c23-20(17-21-15-9-1-2-10-16-21)22(18-11-5-3-6-12-18)19-13-7-4-8-14-19;/h18-19H,1-17H2;1H. The molecule has 1 heterocycles. The summed E-state index contributed by atoms with van der Waals surface area (Å²) in [5.74, 6) is 0.487. The van der Waals surface area contributed by atoms with E-state index >= 15 is 0 Å². The number of rotatable bonds is 4. The molecule has 0 aromatic rings. The molecule has 3 aliphatic rings. The van der Waals surface area contributed by atoms with Gasteiger partial charge in [0, 0.05) is 12.1 Å². The van der Waals surface area contributed by atoms with Gasteiger partial charge in [-0.15, -0.1) is 0 Å². The maximum absolute atomic E-state index is 13.2. The summed E-state index contributed by atoms with van der Waals surface area (Å²) in [4.78, 5) is 17.2. The minimum Gasteiger partial charge on any atom is -1.00 e. The normalized spacial score (nSPS) is 24.8. The van der Waals surface area contributed by atoms with Crippen LogP contribution in [0.3, 0.4) is 0 Å². The second kappa shape index (κ2) is 10.7. The highest BCUT2D eigenvalue weighted by atomic mass is 35.5. The molecule has 0 spiro atoms. The average molecular weight is 357 g/mol. The van der Waals surface area contributed by atoms with Crippen LogP contribution in [0.4, 0.5) is 0 Å². The zero-order valence-corrected chi connectivity index (χ0v) is 16.2. The molecule has 2 aliphatic carbocycles. The van der Waals surface area contributed by atoms with Gasteiger partial charge < -0.3 is 22.2 Å². The van der Waals surface area contributed by atoms with Crippen LogP contribution >= 0.6 is 0 Å². The van der Waals surface area contributed by atoms with Crippen LogP contribution < -0.4 is 17.3 Å². The molecule has 0 aromatic heterocycles. The van der Waals surface area contributed by atoms with Crippen molar-refractivity contribution in [2.45, 2.75) is 102 Å². The van der Waals surface area contributed by atoms with Crippen molar-refractivity contribution < 1.29 is 22.1 Å². The molecular weight excluding hydrogens is 320 g/mol. The maximum atomic E-state index is 13.2. The van der Waals surface area contributed by atoms with Gasteiger partial charge in [-0.2, -0.15) is 0 Å². The number of carbonyl (C=O) groups is 1. The van der Waals surface area contributed by atoms with E-state index in [1.807, 2.05) is 0 Å². The smallest absolute Gasteiger partial charge is 0.278 e. The van der Waals surface area contributed by atoms with Crippen molar-refractivity contribution in [2.75, 3.05) is 19.6 Å². The van der Waals surface area contributed by atoms with Crippen molar-refractivity contribution in [3.05, 3.63) is 0 Å². The molecule has 0 atom stereocenters. The molecule has 4 heteroatoms. The highest BCUT2D eigenvalue weighted by Gasteiger charge is 2.34. The summed E-state index contributed by atoms with van der Waals surface area (Å²) < 4.78 is 0. The van der Waals surface area contributed by atoms with E-state index in [2.05, 4.69) is 4.90 Å². The van der Waals surface area contributed by atoms with Crippen LogP contribution in [0.2, 0.25) is 0 Å². The fraction of sp³-hybridized carbons (Fsp3) is 0.950. The van der Waals surface area contributed by atoms with E-state index in [9.17, 15) is 4.79 Å². The van der Waals surface area contributed by atoms with E-state index in [4.69, 9.17) is 0 Å². The van der Waals surface area contributed by atoms with Gasteiger partial charge in [0.05, 0.1) is 13.1 Å². The van der Waals surface area contributed by atoms with Gasteiger partial charge in [-0.05, 0) is 51.4 Å². The van der Waals surface area contributed by atoms with Crippen molar-refractivity contribution in [3.63, 3.8) is 0 Å². The van der Waals surface area contributed by atoms with E-state index in [-0.39, 0.29) is 12.4 Å². The Morgan fingerprint density at radius 1 is 0.708 bits per heavy atom. The second-order valence-electron chi connectivity index (χ2n) is 8.23. The van der Waals surface area contributed by atoms with Gasteiger partial charge in [0.2, 0.25) is 0 Å². The summed E-state index contributed by atoms with van der Waals surface area (Å²) in [6.45, 7) is 3.21. The Balaban J connectivity index is 0.00000208. The van der Waals surface area contributed by atoms with Crippen molar-refractivity contribution in [1.29, 1.82) is 0 Å². The highest BCUT2D eigenvalue weighted by molar-refractivity contribution is 5.78. The number of hydrogen-bond donors (Lipinski definition) is 1. The van der Waals surface area contributed by atoms with Gasteiger partial charge in [-0.1, -0.05) is 38.5 Å². The summed E-state index contributed by atoms with van der Waals surface area (Å²) in [5.41, 5.74) is 0. The topological polar surface area (TPSA) is 24.8 Å². The molecule has 140 valence electrons. The molecule has 0 radical (unpaired) electrons. The summed E-state index contributed by atoms with van der Waals surface area (Å²) in [6, 6.07) is 1.12. The third kappa shape index (κ3) is 5.62. The van der Waals surface area contributed by atoms with Crippen LogP contribution in [-0.4, -0.2) is 42.5 Å². The van der Waals surface area contributed by atoms with Gasteiger partial charge in [0.1, 0.15) is 0 Å². The molecule has 3 rings (SSSR count). The van der Waals surface area contributed by atoms with Crippen LogP contribution in [-0.2, 0) is 4.79 Å². The van der Waals surface area contributed by atoms with Crippen LogP contribution in [0.25, 0.3) is 0 Å². The Morgan fingerprint density at radius 2 is 1.12 bits per heavy atom. The molecule has 2 saturated carbocycles. The van der Waals surface area contributed by atoms with Crippen molar-refractivity contribution in [2.24, 2.45) is 0 Å². The Labute approximate surface area is 154 Å². The zero-order valence-electron chi connectivity index (χ0n) is 15.4. The Hall–Kier alpha value is -0.280. The summed E-state index contributed by atoms with van der Waals surface area (Å²) in [7, 11) is 0. The molecule has 1 saturated heterocycles. The summed E-state index contributed by atoms with van der Waals surface area (Å²) >= 11 is 0. The van der Waals surface area contributed by atoms with E-state index in [0.717, 1.165) is 6.54 Å². The molecule has 3 nitrogen and oxygen atoms in total. The maximum Gasteiger partial charge on any atom is 0.278 e. The lowest BCUT2D eigenvalue weighted by Gasteiger charge is -2.42. The number of likely N-dealkylation sites (tertiary alicyclic amines) is 1. The molecule has 1 aliphatic heterocycles. The predicted molar refractivity (Wildman–Crippen MR) is 94.6 cm³/mol. The Bertz CT molecular complexity index is 339. The largest absolute Gasteiger partial charge is 1.00 e. The second-order valence-corrected chi connectivity index (χ2v) is 8.23. The number of halogens is 1. The summed E-state index contributed by atoms with van der Waals surface area (Å²) in [6.07, 6.45) is 18.5. The number of hydrogen-bond acceptors (Lipinski definition) is 1. The van der Waals surface area contributed by atoms with Crippen molar-refractivity contribution in [1.82, 2.24) is 4.90 Å².